The Labute approximate surface area is 127 Å². The van der Waals surface area contributed by atoms with E-state index in [1.54, 1.807) is 11.3 Å². The predicted molar refractivity (Wildman–Crippen MR) is 84.6 cm³/mol. The zero-order valence-corrected chi connectivity index (χ0v) is 12.6. The first-order chi connectivity index (χ1) is 10.3. The van der Waals surface area contributed by atoms with Gasteiger partial charge in [0.15, 0.2) is 0 Å². The fourth-order valence-electron chi connectivity index (χ4n) is 2.35. The van der Waals surface area contributed by atoms with Gasteiger partial charge in [-0.25, -0.2) is 4.98 Å². The lowest BCUT2D eigenvalue weighted by molar-refractivity contribution is 0.568. The van der Waals surface area contributed by atoms with Gasteiger partial charge in [0.1, 0.15) is 0 Å². The number of nitrogens with one attached hydrogen (secondary N) is 1. The van der Waals surface area contributed by atoms with Gasteiger partial charge in [-0.1, -0.05) is 0 Å². The van der Waals surface area contributed by atoms with E-state index < -0.39 is 0 Å². The third-order valence-electron chi connectivity index (χ3n) is 3.39. The third-order valence-corrected chi connectivity index (χ3v) is 4.22. The Kier molecular flexibility index (Phi) is 4.44. The van der Waals surface area contributed by atoms with Crippen molar-refractivity contribution in [3.05, 3.63) is 16.6 Å². The molecule has 3 rings (SSSR count). The molecule has 0 unspecified atom stereocenters. The van der Waals surface area contributed by atoms with Crippen molar-refractivity contribution in [1.82, 2.24) is 19.9 Å². The van der Waals surface area contributed by atoms with Gasteiger partial charge >= 0.3 is 0 Å². The second-order valence-electron chi connectivity index (χ2n) is 4.97. The molecule has 1 aliphatic rings. The van der Waals surface area contributed by atoms with Crippen LogP contribution in [0.4, 0.5) is 17.8 Å². The summed E-state index contributed by atoms with van der Waals surface area (Å²) in [6.07, 6.45) is 6.30. The molecule has 1 aliphatic heterocycles. The normalized spacial score (nSPS) is 15.1. The Morgan fingerprint density at radius 3 is 2.81 bits per heavy atom. The number of hydrogen-bond acceptors (Lipinski definition) is 8. The van der Waals surface area contributed by atoms with Gasteiger partial charge in [0.25, 0.3) is 0 Å². The lowest BCUT2D eigenvalue weighted by Gasteiger charge is -2.26. The number of nitrogens with zero attached hydrogens (tertiary/aromatic N) is 5. The van der Waals surface area contributed by atoms with E-state index in [2.05, 4.69) is 30.2 Å². The summed E-state index contributed by atoms with van der Waals surface area (Å²) in [5, 5.41) is 6.28. The quantitative estimate of drug-likeness (QED) is 0.865. The minimum atomic E-state index is 0.266. The molecule has 3 N–H and O–H groups in total. The molecule has 8 heteroatoms. The summed E-state index contributed by atoms with van der Waals surface area (Å²) in [5.41, 5.74) is 5.79. The number of piperidine rings is 1. The fraction of sp³-hybridized carbons (Fsp3) is 0.538. The molecule has 0 spiro atoms. The number of aromatic nitrogens is 4. The van der Waals surface area contributed by atoms with Crippen molar-refractivity contribution in [2.24, 2.45) is 0 Å². The summed E-state index contributed by atoms with van der Waals surface area (Å²) in [6.45, 7) is 2.71. The van der Waals surface area contributed by atoms with Crippen molar-refractivity contribution in [2.75, 3.05) is 35.6 Å². The van der Waals surface area contributed by atoms with Crippen LogP contribution in [0.5, 0.6) is 0 Å². The van der Waals surface area contributed by atoms with Crippen LogP contribution >= 0.6 is 11.3 Å². The van der Waals surface area contributed by atoms with Gasteiger partial charge in [-0.3, -0.25) is 0 Å². The first kappa shape index (κ1) is 14.0. The van der Waals surface area contributed by atoms with Crippen LogP contribution in [0, 0.1) is 0 Å². The molecule has 0 amide bonds. The summed E-state index contributed by atoms with van der Waals surface area (Å²) < 4.78 is 0. The predicted octanol–water partition coefficient (Wildman–Crippen LogP) is 1.56. The average molecular weight is 305 g/mol. The summed E-state index contributed by atoms with van der Waals surface area (Å²) in [5.74, 6) is 1.49. The van der Waals surface area contributed by atoms with Crippen molar-refractivity contribution < 1.29 is 0 Å². The van der Waals surface area contributed by atoms with E-state index in [0.29, 0.717) is 11.9 Å². The molecule has 1 fully saturated rings. The minimum Gasteiger partial charge on any atom is -0.368 e. The highest BCUT2D eigenvalue weighted by Crippen LogP contribution is 2.17. The van der Waals surface area contributed by atoms with Gasteiger partial charge in [-0.05, 0) is 19.3 Å². The van der Waals surface area contributed by atoms with Gasteiger partial charge in [0, 0.05) is 37.6 Å². The van der Waals surface area contributed by atoms with Gasteiger partial charge in [-0.2, -0.15) is 15.0 Å². The van der Waals surface area contributed by atoms with E-state index in [-0.39, 0.29) is 5.95 Å². The number of nitrogen functional groups attached to an aromatic ring is 1. The van der Waals surface area contributed by atoms with Crippen LogP contribution in [0.3, 0.4) is 0 Å². The lowest BCUT2D eigenvalue weighted by atomic mass is 10.1. The molecule has 7 nitrogen and oxygen atoms in total. The molecular formula is C13H19N7S. The zero-order valence-electron chi connectivity index (χ0n) is 11.8. The van der Waals surface area contributed by atoms with Gasteiger partial charge in [0.05, 0.1) is 5.01 Å². The number of nitrogens with two attached hydrogens (primary N) is 1. The average Bonchev–Trinajstić information content (AvgIpc) is 3.01. The molecule has 0 radical (unpaired) electrons. The molecule has 112 valence electrons. The highest BCUT2D eigenvalue weighted by atomic mass is 32.1. The van der Waals surface area contributed by atoms with E-state index in [9.17, 15) is 0 Å². The molecule has 0 saturated carbocycles. The van der Waals surface area contributed by atoms with Crippen LogP contribution in [0.25, 0.3) is 0 Å². The maximum absolute atomic E-state index is 5.79. The topological polar surface area (TPSA) is 92.8 Å². The summed E-state index contributed by atoms with van der Waals surface area (Å²) in [6, 6.07) is 0. The molecule has 21 heavy (non-hydrogen) atoms. The van der Waals surface area contributed by atoms with Crippen molar-refractivity contribution in [3.63, 3.8) is 0 Å². The zero-order chi connectivity index (χ0) is 14.5. The van der Waals surface area contributed by atoms with E-state index in [1.807, 2.05) is 11.6 Å². The summed E-state index contributed by atoms with van der Waals surface area (Å²) >= 11 is 1.65. The molecule has 0 aromatic carbocycles. The van der Waals surface area contributed by atoms with Crippen molar-refractivity contribution in [3.8, 4) is 0 Å². The maximum atomic E-state index is 5.79. The highest BCUT2D eigenvalue weighted by Gasteiger charge is 2.15. The molecule has 3 heterocycles. The molecular weight excluding hydrogens is 286 g/mol. The Balaban J connectivity index is 1.63. The largest absolute Gasteiger partial charge is 0.368 e. The van der Waals surface area contributed by atoms with E-state index in [0.717, 1.165) is 31.1 Å². The van der Waals surface area contributed by atoms with Crippen LogP contribution in [0.1, 0.15) is 24.3 Å². The van der Waals surface area contributed by atoms with Crippen molar-refractivity contribution in [2.45, 2.75) is 25.7 Å². The lowest BCUT2D eigenvalue weighted by Crippen LogP contribution is -2.31. The third kappa shape index (κ3) is 3.78. The molecule has 1 saturated heterocycles. The maximum Gasteiger partial charge on any atom is 0.231 e. The second-order valence-corrected chi connectivity index (χ2v) is 5.95. The minimum absolute atomic E-state index is 0.266. The number of rotatable bonds is 5. The molecule has 0 aliphatic carbocycles. The summed E-state index contributed by atoms with van der Waals surface area (Å²) in [7, 11) is 0. The smallest absolute Gasteiger partial charge is 0.231 e. The molecule has 2 aromatic rings. The Bertz CT molecular complexity index is 566. The van der Waals surface area contributed by atoms with Crippen molar-refractivity contribution in [1.29, 1.82) is 0 Å². The van der Waals surface area contributed by atoms with E-state index in [1.165, 1.54) is 19.3 Å². The van der Waals surface area contributed by atoms with Crippen LogP contribution in [0.2, 0.25) is 0 Å². The highest BCUT2D eigenvalue weighted by molar-refractivity contribution is 7.09. The molecule has 0 bridgehead atoms. The standard InChI is InChI=1S/C13H19N7S/c14-11-17-12(16-5-4-10-15-6-9-21-10)19-13(18-11)20-7-2-1-3-8-20/h6,9H,1-5,7-8H2,(H3,14,16,17,18,19). The fourth-order valence-corrected chi connectivity index (χ4v) is 2.97. The van der Waals surface area contributed by atoms with Gasteiger partial charge < -0.3 is 16.0 Å². The molecule has 2 aromatic heterocycles. The first-order valence-corrected chi connectivity index (χ1v) is 8.08. The SMILES string of the molecule is Nc1nc(NCCc2nccs2)nc(N2CCCCC2)n1. The van der Waals surface area contributed by atoms with E-state index >= 15 is 0 Å². The van der Waals surface area contributed by atoms with Crippen LogP contribution < -0.4 is 16.0 Å². The Morgan fingerprint density at radius 2 is 2.05 bits per heavy atom. The van der Waals surface area contributed by atoms with Crippen molar-refractivity contribution >= 4 is 29.2 Å². The molecule has 0 atom stereocenters. The van der Waals surface area contributed by atoms with Gasteiger partial charge in [0.2, 0.25) is 17.8 Å². The Morgan fingerprint density at radius 1 is 1.19 bits per heavy atom. The number of thiazole rings is 1. The van der Waals surface area contributed by atoms with Crippen LogP contribution in [-0.4, -0.2) is 39.6 Å². The van der Waals surface area contributed by atoms with Crippen LogP contribution in [0.15, 0.2) is 11.6 Å². The van der Waals surface area contributed by atoms with E-state index in [4.69, 9.17) is 5.73 Å². The number of anilines is 3. The Hall–Kier alpha value is -1.96. The number of hydrogen-bond donors (Lipinski definition) is 2. The van der Waals surface area contributed by atoms with Gasteiger partial charge in [-0.15, -0.1) is 11.3 Å². The second kappa shape index (κ2) is 6.66. The first-order valence-electron chi connectivity index (χ1n) is 7.20. The summed E-state index contributed by atoms with van der Waals surface area (Å²) in [4.78, 5) is 19.3. The monoisotopic (exact) mass is 305 g/mol. The van der Waals surface area contributed by atoms with Crippen LogP contribution in [-0.2, 0) is 6.42 Å².